The van der Waals surface area contributed by atoms with Crippen LogP contribution in [0.5, 0.6) is 0 Å². The van der Waals surface area contributed by atoms with Crippen molar-refractivity contribution in [2.75, 3.05) is 6.54 Å². The molecule has 3 aromatic rings. The summed E-state index contributed by atoms with van der Waals surface area (Å²) in [4.78, 5) is 8.57. The largest absolute Gasteiger partial charge is 0.623 e. The maximum absolute atomic E-state index is 11.4. The zero-order valence-electron chi connectivity index (χ0n) is 11.5. The third-order valence-electron chi connectivity index (χ3n) is 3.54. The summed E-state index contributed by atoms with van der Waals surface area (Å²) in [5, 5.41) is 33.5. The molecule has 0 radical (unpaired) electrons. The van der Waals surface area contributed by atoms with Gasteiger partial charge in [-0.1, -0.05) is 30.3 Å². The van der Waals surface area contributed by atoms with Crippen LogP contribution in [0.15, 0.2) is 42.5 Å². The minimum atomic E-state index is -2.40. The van der Waals surface area contributed by atoms with Gasteiger partial charge in [0, 0.05) is 26.6 Å². The van der Waals surface area contributed by atoms with Crippen LogP contribution in [0.2, 0.25) is 0 Å². The third kappa shape index (κ3) is 2.68. The van der Waals surface area contributed by atoms with Gasteiger partial charge in [-0.15, -0.1) is 11.3 Å². The van der Waals surface area contributed by atoms with Crippen LogP contribution in [0.4, 0.5) is 4.79 Å². The van der Waals surface area contributed by atoms with E-state index in [1.54, 1.807) is 11.3 Å². The van der Waals surface area contributed by atoms with Gasteiger partial charge < -0.3 is 15.2 Å². The number of urea groups is 1. The molecule has 2 aromatic carbocycles. The van der Waals surface area contributed by atoms with E-state index in [0.717, 1.165) is 21.1 Å². The van der Waals surface area contributed by atoms with E-state index in [9.17, 15) is 15.2 Å². The van der Waals surface area contributed by atoms with Crippen molar-refractivity contribution in [2.24, 2.45) is 0 Å². The smallest absolute Gasteiger partial charge is 0.440 e. The Morgan fingerprint density at radius 1 is 1.14 bits per heavy atom. The maximum atomic E-state index is 11.4. The van der Waals surface area contributed by atoms with Crippen molar-refractivity contribution in [3.05, 3.63) is 58.4 Å². The fraction of sp³-hybridized carbons (Fsp3) is 0.133. The summed E-state index contributed by atoms with van der Waals surface area (Å²) < 4.78 is 2.24. The minimum absolute atomic E-state index is 0.157. The molecular formula is C15H13N2O4S-. The zero-order valence-corrected chi connectivity index (χ0v) is 12.3. The number of hydrogen-bond acceptors (Lipinski definition) is 5. The maximum Gasteiger partial charge on any atom is 0.440 e. The average Bonchev–Trinajstić information content (AvgIpc) is 2.89. The molecule has 3 rings (SSSR count). The molecule has 0 aliphatic carbocycles. The van der Waals surface area contributed by atoms with Crippen LogP contribution in [-0.4, -0.2) is 22.6 Å². The normalized spacial score (nSPS) is 12.0. The van der Waals surface area contributed by atoms with Crippen LogP contribution in [0.25, 0.3) is 20.2 Å². The van der Waals surface area contributed by atoms with Crippen molar-refractivity contribution in [1.82, 2.24) is 5.48 Å². The summed E-state index contributed by atoms with van der Waals surface area (Å²) in [6.07, 6.45) is 0.157. The van der Waals surface area contributed by atoms with E-state index in [2.05, 4.69) is 6.07 Å². The van der Waals surface area contributed by atoms with Gasteiger partial charge in [-0.25, -0.2) is 4.79 Å². The summed E-state index contributed by atoms with van der Waals surface area (Å²) in [5.74, 6) is 0. The van der Waals surface area contributed by atoms with E-state index in [1.165, 1.54) is 10.1 Å². The molecule has 0 fully saturated rings. The van der Waals surface area contributed by atoms with E-state index in [0.29, 0.717) is 0 Å². The number of fused-ring (bicyclic) bond motifs is 3. The molecule has 7 heteroatoms. The lowest BCUT2D eigenvalue weighted by molar-refractivity contribution is -0.746. The van der Waals surface area contributed by atoms with E-state index in [4.69, 9.17) is 5.21 Å². The summed E-state index contributed by atoms with van der Waals surface area (Å²) in [6.45, 7) is -0.483. The first-order valence-electron chi connectivity index (χ1n) is 6.66. The number of nitrogens with one attached hydrogen (secondary N) is 1. The molecule has 114 valence electrons. The molecule has 1 heterocycles. The Balaban J connectivity index is 1.86. The lowest BCUT2D eigenvalue weighted by atomic mass is 10.1. The molecular weight excluding hydrogens is 304 g/mol. The Kier molecular flexibility index (Phi) is 3.81. The van der Waals surface area contributed by atoms with Gasteiger partial charge in [0.05, 0.1) is 6.54 Å². The predicted octanol–water partition coefficient (Wildman–Crippen LogP) is 3.51. The summed E-state index contributed by atoms with van der Waals surface area (Å²) >= 11 is 1.64. The molecule has 2 N–H and O–H groups in total. The molecule has 1 aromatic heterocycles. The first kappa shape index (κ1) is 14.9. The van der Waals surface area contributed by atoms with Gasteiger partial charge >= 0.3 is 6.03 Å². The highest BCUT2D eigenvalue weighted by atomic mass is 32.1. The van der Waals surface area contributed by atoms with Gasteiger partial charge in [0.2, 0.25) is 0 Å². The Morgan fingerprint density at radius 2 is 1.86 bits per heavy atom. The Bertz CT molecular complexity index is 844. The molecule has 0 unspecified atom stereocenters. The molecule has 0 saturated heterocycles. The number of nitrogens with zero attached hydrogens (tertiary/aromatic N) is 1. The number of rotatable bonds is 3. The molecule has 0 aliphatic rings. The summed E-state index contributed by atoms with van der Waals surface area (Å²) in [6, 6.07) is 12.3. The number of carbonyl (C=O) groups is 1. The summed E-state index contributed by atoms with van der Waals surface area (Å²) in [5.41, 5.74) is 1.90. The standard InChI is InChI=1S/C15H13N2O4S/c18-15(16-19)17(20,21)8-7-10-5-6-12-11-3-1-2-4-13(11)22-14(12)9-10/h1-6,9,19H,7-8H2,(H,16,18)/q-1. The monoisotopic (exact) mass is 317 g/mol. The number of carbonyl (C=O) groups excluding carboxylic acids is 1. The average molecular weight is 317 g/mol. The van der Waals surface area contributed by atoms with Crippen molar-refractivity contribution >= 4 is 37.5 Å². The second kappa shape index (κ2) is 5.64. The second-order valence-corrected chi connectivity index (χ2v) is 6.08. The van der Waals surface area contributed by atoms with Crippen LogP contribution in [0, 0.1) is 10.4 Å². The Labute approximate surface area is 129 Å². The zero-order chi connectivity index (χ0) is 15.7. The molecule has 0 aliphatic heterocycles. The van der Waals surface area contributed by atoms with Crippen LogP contribution in [-0.2, 0) is 6.42 Å². The SMILES string of the molecule is O=C(NO)[N+]([O-])([O-])CCc1ccc2c(c1)sc1ccccc12. The van der Waals surface area contributed by atoms with Crippen molar-refractivity contribution in [3.8, 4) is 0 Å². The van der Waals surface area contributed by atoms with E-state index >= 15 is 0 Å². The summed E-state index contributed by atoms with van der Waals surface area (Å²) in [7, 11) is 0. The van der Waals surface area contributed by atoms with Gasteiger partial charge in [-0.2, -0.15) is 5.48 Å². The van der Waals surface area contributed by atoms with Gasteiger partial charge in [0.25, 0.3) is 0 Å². The van der Waals surface area contributed by atoms with Crippen molar-refractivity contribution < 1.29 is 14.8 Å². The minimum Gasteiger partial charge on any atom is -0.623 e. The second-order valence-electron chi connectivity index (χ2n) is 4.99. The highest BCUT2D eigenvalue weighted by molar-refractivity contribution is 7.25. The van der Waals surface area contributed by atoms with Crippen molar-refractivity contribution in [2.45, 2.75) is 6.42 Å². The number of thiophene rings is 1. The first-order valence-corrected chi connectivity index (χ1v) is 7.48. The predicted molar refractivity (Wildman–Crippen MR) is 85.2 cm³/mol. The van der Waals surface area contributed by atoms with Gasteiger partial charge in [-0.3, -0.25) is 5.21 Å². The highest BCUT2D eigenvalue weighted by Gasteiger charge is 2.17. The molecule has 2 amide bonds. The number of benzene rings is 2. The molecule has 0 spiro atoms. The molecule has 22 heavy (non-hydrogen) atoms. The molecule has 6 nitrogen and oxygen atoms in total. The van der Waals surface area contributed by atoms with Gasteiger partial charge in [0.15, 0.2) is 0 Å². The lowest BCUT2D eigenvalue weighted by Gasteiger charge is -2.42. The quantitative estimate of drug-likeness (QED) is 0.439. The Morgan fingerprint density at radius 3 is 2.64 bits per heavy atom. The molecule has 0 bridgehead atoms. The fourth-order valence-electron chi connectivity index (χ4n) is 2.38. The lowest BCUT2D eigenvalue weighted by Crippen LogP contribution is -2.48. The topological polar surface area (TPSA) is 95.5 Å². The van der Waals surface area contributed by atoms with Gasteiger partial charge in [-0.05, 0) is 17.7 Å². The third-order valence-corrected chi connectivity index (χ3v) is 4.68. The molecule has 0 saturated carbocycles. The van der Waals surface area contributed by atoms with Crippen LogP contribution < -0.4 is 5.48 Å². The Hall–Kier alpha value is -2.03. The van der Waals surface area contributed by atoms with Crippen LogP contribution >= 0.6 is 11.3 Å². The van der Waals surface area contributed by atoms with E-state index in [1.807, 2.05) is 36.4 Å². The van der Waals surface area contributed by atoms with Crippen molar-refractivity contribution in [1.29, 1.82) is 0 Å². The van der Waals surface area contributed by atoms with E-state index in [-0.39, 0.29) is 6.42 Å². The number of hydrogen-bond donors (Lipinski definition) is 2. The number of amides is 2. The molecule has 0 atom stereocenters. The van der Waals surface area contributed by atoms with Crippen molar-refractivity contribution in [3.63, 3.8) is 0 Å². The van der Waals surface area contributed by atoms with Crippen LogP contribution in [0.1, 0.15) is 5.56 Å². The highest BCUT2D eigenvalue weighted by Crippen LogP contribution is 2.34. The van der Waals surface area contributed by atoms with Crippen LogP contribution in [0.3, 0.4) is 0 Å². The number of quaternary nitrogens is 1. The number of hydroxylamine groups is 5. The fourth-order valence-corrected chi connectivity index (χ4v) is 3.55. The van der Waals surface area contributed by atoms with E-state index < -0.39 is 17.4 Å². The van der Waals surface area contributed by atoms with Gasteiger partial charge in [0.1, 0.15) is 0 Å². The first-order chi connectivity index (χ1) is 10.5.